The number of hydrogen-bond donors (Lipinski definition) is 1. The van der Waals surface area contributed by atoms with Gasteiger partial charge in [-0.3, -0.25) is 4.79 Å². The van der Waals surface area contributed by atoms with Crippen molar-refractivity contribution >= 4 is 23.2 Å². The van der Waals surface area contributed by atoms with E-state index < -0.39 is 0 Å². The summed E-state index contributed by atoms with van der Waals surface area (Å²) in [7, 11) is 0. The van der Waals surface area contributed by atoms with Gasteiger partial charge in [0.05, 0.1) is 17.0 Å². The number of fused-ring (bicyclic) bond motifs is 1. The number of rotatable bonds is 3. The Balaban J connectivity index is 1.68. The van der Waals surface area contributed by atoms with Crippen LogP contribution in [-0.2, 0) is 24.1 Å². The van der Waals surface area contributed by atoms with E-state index in [9.17, 15) is 4.79 Å². The number of aryl methyl sites for hydroxylation is 2. The molecule has 0 unspecified atom stereocenters. The Hall–Kier alpha value is -2.31. The lowest BCUT2D eigenvalue weighted by Gasteiger charge is -2.08. The number of nitriles is 1. The van der Waals surface area contributed by atoms with E-state index in [1.807, 2.05) is 12.1 Å². The second-order valence-electron chi connectivity index (χ2n) is 5.49. The molecular formula is C18H15ClN2O. The van der Waals surface area contributed by atoms with E-state index >= 15 is 0 Å². The summed E-state index contributed by atoms with van der Waals surface area (Å²) >= 11 is 5.96. The highest BCUT2D eigenvalue weighted by molar-refractivity contribution is 6.32. The molecule has 1 N–H and O–H groups in total. The minimum absolute atomic E-state index is 0.0845. The lowest BCUT2D eigenvalue weighted by Crippen LogP contribution is -2.14. The summed E-state index contributed by atoms with van der Waals surface area (Å²) in [5, 5.41) is 12.0. The third kappa shape index (κ3) is 3.13. The van der Waals surface area contributed by atoms with Crippen LogP contribution in [0.4, 0.5) is 5.69 Å². The number of carbonyl (C=O) groups excluding carboxylic acids is 1. The molecule has 2 aromatic rings. The Morgan fingerprint density at radius 2 is 2.00 bits per heavy atom. The van der Waals surface area contributed by atoms with Gasteiger partial charge < -0.3 is 5.32 Å². The number of halogens is 1. The first-order valence-electron chi connectivity index (χ1n) is 7.26. The molecule has 0 fully saturated rings. The number of hydrogen-bond acceptors (Lipinski definition) is 2. The van der Waals surface area contributed by atoms with Gasteiger partial charge in [0.15, 0.2) is 0 Å². The Bertz CT molecular complexity index is 762. The average molecular weight is 311 g/mol. The molecule has 0 saturated heterocycles. The second kappa shape index (κ2) is 6.21. The summed E-state index contributed by atoms with van der Waals surface area (Å²) in [6, 6.07) is 13.2. The molecule has 0 aliphatic heterocycles. The standard InChI is InChI=1S/C18H15ClN2O/c19-17-10-16(7-6-15(17)11-20)21-18(22)9-12-4-5-13-2-1-3-14(13)8-12/h4-8,10H,1-3,9H2,(H,21,22). The van der Waals surface area contributed by atoms with Crippen LogP contribution in [0.15, 0.2) is 36.4 Å². The van der Waals surface area contributed by atoms with Crippen molar-refractivity contribution in [1.29, 1.82) is 5.26 Å². The summed E-state index contributed by atoms with van der Waals surface area (Å²) in [5.74, 6) is -0.0845. The molecule has 1 aliphatic carbocycles. The number of nitrogens with one attached hydrogen (secondary N) is 1. The molecule has 1 aliphatic rings. The van der Waals surface area contributed by atoms with E-state index in [4.69, 9.17) is 16.9 Å². The van der Waals surface area contributed by atoms with Gasteiger partial charge in [0.25, 0.3) is 0 Å². The van der Waals surface area contributed by atoms with Crippen molar-refractivity contribution in [2.24, 2.45) is 0 Å². The van der Waals surface area contributed by atoms with Gasteiger partial charge in [-0.15, -0.1) is 0 Å². The van der Waals surface area contributed by atoms with Gasteiger partial charge >= 0.3 is 0 Å². The minimum atomic E-state index is -0.0845. The highest BCUT2D eigenvalue weighted by atomic mass is 35.5. The third-order valence-electron chi connectivity index (χ3n) is 3.90. The zero-order valence-electron chi connectivity index (χ0n) is 12.0. The summed E-state index contributed by atoms with van der Waals surface area (Å²) in [4.78, 5) is 12.1. The summed E-state index contributed by atoms with van der Waals surface area (Å²) < 4.78 is 0. The van der Waals surface area contributed by atoms with E-state index in [-0.39, 0.29) is 5.91 Å². The molecule has 0 heterocycles. The summed E-state index contributed by atoms with van der Waals surface area (Å²) in [6.45, 7) is 0. The van der Waals surface area contributed by atoms with Gasteiger partial charge in [0.1, 0.15) is 6.07 Å². The fourth-order valence-electron chi connectivity index (χ4n) is 2.81. The van der Waals surface area contributed by atoms with Gasteiger partial charge in [-0.2, -0.15) is 5.26 Å². The van der Waals surface area contributed by atoms with Crippen molar-refractivity contribution in [2.45, 2.75) is 25.7 Å². The van der Waals surface area contributed by atoms with E-state index in [0.29, 0.717) is 22.7 Å². The maximum Gasteiger partial charge on any atom is 0.228 e. The topological polar surface area (TPSA) is 52.9 Å². The molecule has 3 rings (SSSR count). The normalized spacial score (nSPS) is 12.5. The van der Waals surface area contributed by atoms with E-state index in [0.717, 1.165) is 18.4 Å². The molecule has 22 heavy (non-hydrogen) atoms. The summed E-state index contributed by atoms with van der Waals surface area (Å²) in [6.07, 6.45) is 3.79. The van der Waals surface area contributed by atoms with Crippen LogP contribution in [0.3, 0.4) is 0 Å². The zero-order chi connectivity index (χ0) is 15.5. The molecule has 0 aromatic heterocycles. The van der Waals surface area contributed by atoms with Gasteiger partial charge in [0, 0.05) is 5.69 Å². The van der Waals surface area contributed by atoms with Crippen molar-refractivity contribution in [3.63, 3.8) is 0 Å². The number of amides is 1. The predicted octanol–water partition coefficient (Wildman–Crippen LogP) is 3.88. The fraction of sp³-hybridized carbons (Fsp3) is 0.222. The van der Waals surface area contributed by atoms with Crippen molar-refractivity contribution in [1.82, 2.24) is 0 Å². The Kier molecular flexibility index (Phi) is 4.13. The number of anilines is 1. The fourth-order valence-corrected chi connectivity index (χ4v) is 3.03. The quantitative estimate of drug-likeness (QED) is 0.935. The van der Waals surface area contributed by atoms with Crippen LogP contribution in [0.2, 0.25) is 5.02 Å². The molecule has 4 heteroatoms. The molecule has 0 bridgehead atoms. The third-order valence-corrected chi connectivity index (χ3v) is 4.21. The zero-order valence-corrected chi connectivity index (χ0v) is 12.8. The highest BCUT2D eigenvalue weighted by Gasteiger charge is 2.12. The maximum atomic E-state index is 12.1. The monoisotopic (exact) mass is 310 g/mol. The Morgan fingerprint density at radius 1 is 1.18 bits per heavy atom. The molecule has 110 valence electrons. The molecule has 0 atom stereocenters. The molecule has 3 nitrogen and oxygen atoms in total. The molecular weight excluding hydrogens is 296 g/mol. The van der Waals surface area contributed by atoms with Crippen LogP contribution in [0.25, 0.3) is 0 Å². The Labute approximate surface area is 134 Å². The van der Waals surface area contributed by atoms with E-state index in [1.165, 1.54) is 17.5 Å². The van der Waals surface area contributed by atoms with Crippen molar-refractivity contribution in [2.75, 3.05) is 5.32 Å². The number of nitrogens with zero attached hydrogens (tertiary/aromatic N) is 1. The van der Waals surface area contributed by atoms with Crippen LogP contribution in [0.1, 0.15) is 28.7 Å². The smallest absolute Gasteiger partial charge is 0.228 e. The van der Waals surface area contributed by atoms with E-state index in [1.54, 1.807) is 18.2 Å². The first-order chi connectivity index (χ1) is 10.7. The van der Waals surface area contributed by atoms with Crippen LogP contribution in [-0.4, -0.2) is 5.91 Å². The number of benzene rings is 2. The van der Waals surface area contributed by atoms with Crippen molar-refractivity contribution in [3.05, 3.63) is 63.7 Å². The maximum absolute atomic E-state index is 12.1. The molecule has 1 amide bonds. The van der Waals surface area contributed by atoms with Gasteiger partial charge in [-0.25, -0.2) is 0 Å². The van der Waals surface area contributed by atoms with Crippen LogP contribution < -0.4 is 5.32 Å². The predicted molar refractivity (Wildman–Crippen MR) is 87.0 cm³/mol. The van der Waals surface area contributed by atoms with Crippen LogP contribution >= 0.6 is 11.6 Å². The van der Waals surface area contributed by atoms with Gasteiger partial charge in [-0.1, -0.05) is 29.8 Å². The second-order valence-corrected chi connectivity index (χ2v) is 5.90. The van der Waals surface area contributed by atoms with E-state index in [2.05, 4.69) is 17.4 Å². The number of carbonyl (C=O) groups is 1. The first-order valence-corrected chi connectivity index (χ1v) is 7.63. The molecule has 0 spiro atoms. The molecule has 0 saturated carbocycles. The lowest BCUT2D eigenvalue weighted by molar-refractivity contribution is -0.115. The van der Waals surface area contributed by atoms with Gasteiger partial charge in [0.2, 0.25) is 5.91 Å². The first kappa shape index (κ1) is 14.6. The largest absolute Gasteiger partial charge is 0.326 e. The lowest BCUT2D eigenvalue weighted by atomic mass is 10.0. The Morgan fingerprint density at radius 3 is 2.77 bits per heavy atom. The van der Waals surface area contributed by atoms with Gasteiger partial charge in [-0.05, 0) is 54.2 Å². The SMILES string of the molecule is N#Cc1ccc(NC(=O)Cc2ccc3c(c2)CCC3)cc1Cl. The molecule has 0 radical (unpaired) electrons. The van der Waals surface area contributed by atoms with Crippen LogP contribution in [0.5, 0.6) is 0 Å². The summed E-state index contributed by atoms with van der Waals surface area (Å²) in [5.41, 5.74) is 4.81. The van der Waals surface area contributed by atoms with Crippen LogP contribution in [0, 0.1) is 11.3 Å². The van der Waals surface area contributed by atoms with Crippen molar-refractivity contribution < 1.29 is 4.79 Å². The highest BCUT2D eigenvalue weighted by Crippen LogP contribution is 2.23. The average Bonchev–Trinajstić information content (AvgIpc) is 2.95. The molecule has 2 aromatic carbocycles. The minimum Gasteiger partial charge on any atom is -0.326 e. The van der Waals surface area contributed by atoms with Crippen molar-refractivity contribution in [3.8, 4) is 6.07 Å².